The summed E-state index contributed by atoms with van der Waals surface area (Å²) in [5.74, 6) is 0.202. The van der Waals surface area contributed by atoms with Crippen molar-refractivity contribution in [2.75, 3.05) is 0 Å². The molecule has 27 heavy (non-hydrogen) atoms. The van der Waals surface area contributed by atoms with E-state index in [9.17, 15) is 20.1 Å². The number of fused-ring (bicyclic) bond motifs is 1. The molecule has 2 rings (SSSR count). The Morgan fingerprint density at radius 1 is 1.37 bits per heavy atom. The fourth-order valence-corrected chi connectivity index (χ4v) is 3.80. The van der Waals surface area contributed by atoms with Gasteiger partial charge in [-0.1, -0.05) is 31.2 Å². The molecule has 2 N–H and O–H groups in total. The predicted molar refractivity (Wildman–Crippen MR) is 97.8 cm³/mol. The van der Waals surface area contributed by atoms with Crippen LogP contribution in [0.1, 0.15) is 58.3 Å². The molecule has 0 aromatic heterocycles. The number of carboxylic acids is 1. The van der Waals surface area contributed by atoms with Crippen molar-refractivity contribution in [3.05, 3.63) is 36.1 Å². The minimum Gasteiger partial charge on any atom is -0.550 e. The Morgan fingerprint density at radius 3 is 2.85 bits per heavy atom. The first-order chi connectivity index (χ1) is 12.5. The first kappa shape index (κ1) is 24.4. The third kappa shape index (κ3) is 8.12. The van der Waals surface area contributed by atoms with Crippen LogP contribution < -0.4 is 34.7 Å². The Balaban J connectivity index is 0.00000364. The minimum atomic E-state index is -1.000. The second-order valence-electron chi connectivity index (χ2n) is 7.26. The maximum atomic E-state index is 10.4. The van der Waals surface area contributed by atoms with Gasteiger partial charge in [-0.25, -0.2) is 0 Å². The molecule has 1 saturated heterocycles. The average molecular weight is 386 g/mol. The van der Waals surface area contributed by atoms with Crippen molar-refractivity contribution < 1.29 is 54.4 Å². The average Bonchev–Trinajstić information content (AvgIpc) is 3.09. The number of aliphatic hydroxyl groups excluding tert-OH is 2. The Bertz CT molecular complexity index is 543. The molecule has 6 heteroatoms. The van der Waals surface area contributed by atoms with E-state index < -0.39 is 18.2 Å². The zero-order valence-electron chi connectivity index (χ0n) is 16.5. The summed E-state index contributed by atoms with van der Waals surface area (Å²) in [7, 11) is 0. The van der Waals surface area contributed by atoms with Gasteiger partial charge in [0.15, 0.2) is 0 Å². The third-order valence-corrected chi connectivity index (χ3v) is 5.17. The van der Waals surface area contributed by atoms with E-state index in [1.165, 1.54) is 0 Å². The van der Waals surface area contributed by atoms with Crippen molar-refractivity contribution in [2.45, 2.75) is 76.6 Å². The number of ether oxygens (including phenoxy) is 1. The Morgan fingerprint density at radius 2 is 2.15 bits per heavy atom. The van der Waals surface area contributed by atoms with Gasteiger partial charge in [-0.2, -0.15) is 0 Å². The van der Waals surface area contributed by atoms with Gasteiger partial charge in [0.2, 0.25) is 0 Å². The Hall–Kier alpha value is -0.590. The van der Waals surface area contributed by atoms with E-state index in [-0.39, 0.29) is 53.9 Å². The Kier molecular flexibility index (Phi) is 11.6. The van der Waals surface area contributed by atoms with E-state index >= 15 is 0 Å². The molecule has 0 aromatic carbocycles. The van der Waals surface area contributed by atoms with E-state index in [2.05, 4.69) is 6.92 Å². The number of aliphatic hydroxyl groups is 2. The molecule has 0 amide bonds. The maximum Gasteiger partial charge on any atom is 1.00 e. The summed E-state index contributed by atoms with van der Waals surface area (Å²) in [5, 5.41) is 30.7. The minimum absolute atomic E-state index is 0. The van der Waals surface area contributed by atoms with Gasteiger partial charge in [-0.15, -0.1) is 0 Å². The number of allylic oxidation sites excluding steroid dienone is 3. The molecule has 1 heterocycles. The molecule has 1 aliphatic carbocycles. The van der Waals surface area contributed by atoms with Gasteiger partial charge in [0, 0.05) is 30.6 Å². The molecule has 1 saturated carbocycles. The van der Waals surface area contributed by atoms with Crippen LogP contribution in [0.3, 0.4) is 0 Å². The number of hydrogen-bond donors (Lipinski definition) is 2. The first-order valence-electron chi connectivity index (χ1n) is 9.76. The number of rotatable bonds is 10. The van der Waals surface area contributed by atoms with Gasteiger partial charge < -0.3 is 24.9 Å². The molecular weight excluding hydrogens is 355 g/mol. The van der Waals surface area contributed by atoms with Crippen LogP contribution in [0.25, 0.3) is 0 Å². The summed E-state index contributed by atoms with van der Waals surface area (Å²) in [5.41, 5.74) is 0. The summed E-state index contributed by atoms with van der Waals surface area (Å²) in [6.45, 7) is 2.06. The SMILES string of the molecule is CCC=CCC(O)C=CC1C(O)CC2OC(=CCCCCC(=O)[O-])CC21.[Na+]. The number of hydrogen-bond acceptors (Lipinski definition) is 5. The first-order valence-corrected chi connectivity index (χ1v) is 9.76. The number of carbonyl (C=O) groups is 1. The van der Waals surface area contributed by atoms with Crippen molar-refractivity contribution in [3.8, 4) is 0 Å². The molecule has 5 unspecified atom stereocenters. The smallest absolute Gasteiger partial charge is 0.550 e. The zero-order chi connectivity index (χ0) is 18.9. The van der Waals surface area contributed by atoms with Crippen LogP contribution in [0.15, 0.2) is 36.1 Å². The molecule has 0 bridgehead atoms. The fraction of sp³-hybridized carbons (Fsp3) is 0.667. The zero-order valence-corrected chi connectivity index (χ0v) is 18.5. The number of carboxylic acid groups (broad SMARTS) is 1. The van der Waals surface area contributed by atoms with Crippen LogP contribution in [0.4, 0.5) is 0 Å². The van der Waals surface area contributed by atoms with Crippen LogP contribution in [-0.2, 0) is 9.53 Å². The van der Waals surface area contributed by atoms with Crippen LogP contribution in [0.5, 0.6) is 0 Å². The predicted octanol–water partition coefficient (Wildman–Crippen LogP) is -0.756. The normalized spacial score (nSPS) is 29.8. The van der Waals surface area contributed by atoms with Gasteiger partial charge in [0.25, 0.3) is 0 Å². The quantitative estimate of drug-likeness (QED) is 0.293. The van der Waals surface area contributed by atoms with E-state index in [1.54, 1.807) is 6.08 Å². The summed E-state index contributed by atoms with van der Waals surface area (Å²) in [4.78, 5) is 10.4. The number of aliphatic carboxylic acids is 1. The number of carbonyl (C=O) groups excluding carboxylic acids is 1. The van der Waals surface area contributed by atoms with Crippen molar-refractivity contribution in [3.63, 3.8) is 0 Å². The largest absolute Gasteiger partial charge is 1.00 e. The second kappa shape index (κ2) is 12.8. The molecule has 0 aromatic rings. The molecule has 2 aliphatic rings. The molecule has 0 radical (unpaired) electrons. The van der Waals surface area contributed by atoms with Crippen LogP contribution in [0.2, 0.25) is 0 Å². The van der Waals surface area contributed by atoms with Crippen molar-refractivity contribution in [1.82, 2.24) is 0 Å². The standard InChI is InChI=1S/C21H32O5.Na/c1-2-3-5-8-15(22)11-12-17-18-13-16(26-20(18)14-19(17)23)9-6-4-7-10-21(24)25;/h3,5,9,11-12,15,17-20,22-23H,2,4,6-8,10,13-14H2,1H3,(H,24,25);/q;+1/p-1. The van der Waals surface area contributed by atoms with Gasteiger partial charge >= 0.3 is 29.6 Å². The summed E-state index contributed by atoms with van der Waals surface area (Å²) in [6.07, 6.45) is 14.2. The van der Waals surface area contributed by atoms with Gasteiger partial charge in [0.1, 0.15) is 6.10 Å². The van der Waals surface area contributed by atoms with Crippen LogP contribution in [-0.4, -0.2) is 34.5 Å². The van der Waals surface area contributed by atoms with Crippen LogP contribution in [0, 0.1) is 11.8 Å². The monoisotopic (exact) mass is 386 g/mol. The van der Waals surface area contributed by atoms with Crippen molar-refractivity contribution >= 4 is 5.97 Å². The third-order valence-electron chi connectivity index (χ3n) is 5.17. The fourth-order valence-electron chi connectivity index (χ4n) is 3.80. The van der Waals surface area contributed by atoms with E-state index in [1.807, 2.05) is 24.3 Å². The van der Waals surface area contributed by atoms with Gasteiger partial charge in [0.05, 0.1) is 18.0 Å². The second-order valence-corrected chi connectivity index (χ2v) is 7.26. The Labute approximate surface area is 184 Å². The van der Waals surface area contributed by atoms with Crippen molar-refractivity contribution in [1.29, 1.82) is 0 Å². The van der Waals surface area contributed by atoms with E-state index in [0.29, 0.717) is 19.3 Å². The van der Waals surface area contributed by atoms with Crippen molar-refractivity contribution in [2.24, 2.45) is 11.8 Å². The summed E-state index contributed by atoms with van der Waals surface area (Å²) < 4.78 is 5.96. The summed E-state index contributed by atoms with van der Waals surface area (Å²) >= 11 is 0. The molecule has 5 nitrogen and oxygen atoms in total. The number of unbranched alkanes of at least 4 members (excludes halogenated alkanes) is 2. The molecule has 1 aliphatic heterocycles. The molecule has 5 atom stereocenters. The van der Waals surface area contributed by atoms with Gasteiger partial charge in [-0.3, -0.25) is 0 Å². The van der Waals surface area contributed by atoms with E-state index in [0.717, 1.165) is 31.4 Å². The van der Waals surface area contributed by atoms with Crippen LogP contribution >= 0.6 is 0 Å². The maximum absolute atomic E-state index is 10.4. The summed E-state index contributed by atoms with van der Waals surface area (Å²) in [6, 6.07) is 0. The topological polar surface area (TPSA) is 89.8 Å². The van der Waals surface area contributed by atoms with Gasteiger partial charge in [-0.05, 0) is 44.6 Å². The molecular formula is C21H31NaO5. The van der Waals surface area contributed by atoms with E-state index in [4.69, 9.17) is 4.74 Å². The molecule has 2 fully saturated rings. The molecule has 146 valence electrons. The molecule has 0 spiro atoms.